The van der Waals surface area contributed by atoms with E-state index in [1.54, 1.807) is 12.3 Å². The van der Waals surface area contributed by atoms with Crippen molar-refractivity contribution in [1.29, 1.82) is 0 Å². The SMILES string of the molecule is O=C(Nc1ccc(N2CCC(O)(c3ccccc3)CC2)nc1)c1cc(-c2ccccc2)on1. The van der Waals surface area contributed by atoms with Crippen LogP contribution in [0.4, 0.5) is 11.5 Å². The first-order chi connectivity index (χ1) is 16.1. The Labute approximate surface area is 191 Å². The van der Waals surface area contributed by atoms with Crippen LogP contribution in [0.1, 0.15) is 28.9 Å². The molecule has 0 atom stereocenters. The molecule has 2 aromatic heterocycles. The third kappa shape index (κ3) is 4.49. The smallest absolute Gasteiger partial charge is 0.277 e. The number of rotatable bonds is 5. The van der Waals surface area contributed by atoms with Crippen LogP contribution in [0, 0.1) is 0 Å². The number of aromatic nitrogens is 2. The minimum atomic E-state index is -0.804. The van der Waals surface area contributed by atoms with Gasteiger partial charge in [0.05, 0.1) is 17.5 Å². The summed E-state index contributed by atoms with van der Waals surface area (Å²) in [5, 5.41) is 17.7. The highest BCUT2D eigenvalue weighted by molar-refractivity contribution is 6.03. The van der Waals surface area contributed by atoms with Gasteiger partial charge in [0, 0.05) is 24.7 Å². The number of carbonyl (C=O) groups excluding carboxylic acids is 1. The van der Waals surface area contributed by atoms with Gasteiger partial charge < -0.3 is 19.8 Å². The van der Waals surface area contributed by atoms with Gasteiger partial charge in [0.2, 0.25) is 0 Å². The number of nitrogens with zero attached hydrogens (tertiary/aromatic N) is 3. The Kier molecular flexibility index (Phi) is 5.62. The lowest BCUT2D eigenvalue weighted by molar-refractivity contribution is 0.0116. The van der Waals surface area contributed by atoms with Crippen LogP contribution in [-0.4, -0.2) is 34.2 Å². The largest absolute Gasteiger partial charge is 0.385 e. The maximum absolute atomic E-state index is 12.6. The summed E-state index contributed by atoms with van der Waals surface area (Å²) in [7, 11) is 0. The van der Waals surface area contributed by atoms with Crippen molar-refractivity contribution in [3.05, 3.63) is 96.3 Å². The van der Waals surface area contributed by atoms with E-state index in [0.717, 1.165) is 16.9 Å². The van der Waals surface area contributed by atoms with Crippen LogP contribution >= 0.6 is 0 Å². The Morgan fingerprint density at radius 3 is 2.33 bits per heavy atom. The van der Waals surface area contributed by atoms with Crippen LogP contribution in [0.2, 0.25) is 0 Å². The molecule has 0 aliphatic carbocycles. The summed E-state index contributed by atoms with van der Waals surface area (Å²) in [6.45, 7) is 1.40. The van der Waals surface area contributed by atoms with Gasteiger partial charge in [-0.05, 0) is 30.5 Å². The minimum Gasteiger partial charge on any atom is -0.385 e. The van der Waals surface area contributed by atoms with Crippen LogP contribution in [0.5, 0.6) is 0 Å². The molecule has 0 bridgehead atoms. The van der Waals surface area contributed by atoms with Crippen molar-refractivity contribution in [2.75, 3.05) is 23.3 Å². The van der Waals surface area contributed by atoms with Gasteiger partial charge in [0.1, 0.15) is 5.82 Å². The van der Waals surface area contributed by atoms with E-state index in [1.807, 2.05) is 72.8 Å². The highest BCUT2D eigenvalue weighted by Gasteiger charge is 2.34. The van der Waals surface area contributed by atoms with Crippen molar-refractivity contribution >= 4 is 17.4 Å². The van der Waals surface area contributed by atoms with Crippen molar-refractivity contribution in [2.24, 2.45) is 0 Å². The highest BCUT2D eigenvalue weighted by atomic mass is 16.5. The Morgan fingerprint density at radius 2 is 1.67 bits per heavy atom. The lowest BCUT2D eigenvalue weighted by atomic mass is 9.84. The van der Waals surface area contributed by atoms with Gasteiger partial charge in [0.15, 0.2) is 11.5 Å². The molecule has 1 saturated heterocycles. The fraction of sp³-hybridized carbons (Fsp3) is 0.192. The molecule has 166 valence electrons. The van der Waals surface area contributed by atoms with Crippen molar-refractivity contribution < 1.29 is 14.4 Å². The van der Waals surface area contributed by atoms with E-state index in [-0.39, 0.29) is 11.6 Å². The Balaban J connectivity index is 1.20. The van der Waals surface area contributed by atoms with Crippen molar-refractivity contribution in [3.63, 3.8) is 0 Å². The van der Waals surface area contributed by atoms with E-state index in [2.05, 4.69) is 20.4 Å². The predicted molar refractivity (Wildman–Crippen MR) is 126 cm³/mol. The van der Waals surface area contributed by atoms with E-state index in [1.165, 1.54) is 0 Å². The van der Waals surface area contributed by atoms with Gasteiger partial charge in [-0.15, -0.1) is 0 Å². The highest BCUT2D eigenvalue weighted by Crippen LogP contribution is 2.34. The van der Waals surface area contributed by atoms with Crippen molar-refractivity contribution in [1.82, 2.24) is 10.1 Å². The molecule has 4 aromatic rings. The zero-order valence-corrected chi connectivity index (χ0v) is 18.0. The van der Waals surface area contributed by atoms with Crippen LogP contribution in [0.15, 0.2) is 89.6 Å². The molecule has 0 saturated carbocycles. The molecule has 7 nitrogen and oxygen atoms in total. The third-order valence-corrected chi connectivity index (χ3v) is 6.03. The van der Waals surface area contributed by atoms with Crippen LogP contribution < -0.4 is 10.2 Å². The summed E-state index contributed by atoms with van der Waals surface area (Å²) in [5.74, 6) is 0.993. The van der Waals surface area contributed by atoms with Crippen LogP contribution in [-0.2, 0) is 5.60 Å². The number of aliphatic hydroxyl groups is 1. The number of carbonyl (C=O) groups is 1. The first-order valence-electron chi connectivity index (χ1n) is 10.9. The summed E-state index contributed by atoms with van der Waals surface area (Å²) < 4.78 is 5.30. The Hall–Kier alpha value is -3.97. The molecule has 0 radical (unpaired) electrons. The van der Waals surface area contributed by atoms with Gasteiger partial charge in [-0.3, -0.25) is 4.79 Å². The standard InChI is InChI=1S/C26H24N4O3/c31-25(22-17-23(33-29-22)19-7-3-1-4-8-19)28-21-11-12-24(27-18-21)30-15-13-26(32,14-16-30)20-9-5-2-6-10-20/h1-12,17-18,32H,13-16H2,(H,28,31). The normalized spacial score (nSPS) is 15.2. The van der Waals surface area contributed by atoms with Crippen molar-refractivity contribution in [3.8, 4) is 11.3 Å². The molecule has 1 fully saturated rings. The average Bonchev–Trinajstić information content (AvgIpc) is 3.37. The zero-order chi connectivity index (χ0) is 22.7. The van der Waals surface area contributed by atoms with E-state index in [4.69, 9.17) is 4.52 Å². The molecule has 2 aromatic carbocycles. The summed E-state index contributed by atoms with van der Waals surface area (Å²) in [6.07, 6.45) is 2.89. The number of nitrogens with one attached hydrogen (secondary N) is 1. The molecule has 0 spiro atoms. The summed E-state index contributed by atoms with van der Waals surface area (Å²) in [5.41, 5.74) is 1.79. The van der Waals surface area contributed by atoms with E-state index >= 15 is 0 Å². The average molecular weight is 441 g/mol. The van der Waals surface area contributed by atoms with Gasteiger partial charge >= 0.3 is 0 Å². The monoisotopic (exact) mass is 440 g/mol. The number of piperidine rings is 1. The minimum absolute atomic E-state index is 0.203. The van der Waals surface area contributed by atoms with Gasteiger partial charge in [-0.25, -0.2) is 4.98 Å². The van der Waals surface area contributed by atoms with E-state index < -0.39 is 5.60 Å². The molecule has 2 N–H and O–H groups in total. The maximum Gasteiger partial charge on any atom is 0.277 e. The molecule has 5 rings (SSSR count). The first-order valence-corrected chi connectivity index (χ1v) is 10.9. The molecule has 1 aliphatic rings. The second kappa shape index (κ2) is 8.88. The molecule has 3 heterocycles. The van der Waals surface area contributed by atoms with E-state index in [0.29, 0.717) is 37.4 Å². The topological polar surface area (TPSA) is 91.5 Å². The molecule has 33 heavy (non-hydrogen) atoms. The number of amides is 1. The van der Waals surface area contributed by atoms with Gasteiger partial charge in [0.25, 0.3) is 5.91 Å². The van der Waals surface area contributed by atoms with Gasteiger partial charge in [-0.1, -0.05) is 65.8 Å². The maximum atomic E-state index is 12.6. The molecule has 1 aliphatic heterocycles. The quantitative estimate of drug-likeness (QED) is 0.476. The fourth-order valence-electron chi connectivity index (χ4n) is 4.11. The predicted octanol–water partition coefficient (Wildman–Crippen LogP) is 4.48. The molecule has 0 unspecified atom stereocenters. The number of hydrogen-bond donors (Lipinski definition) is 2. The number of benzene rings is 2. The Bertz CT molecular complexity index is 1220. The van der Waals surface area contributed by atoms with Crippen LogP contribution in [0.25, 0.3) is 11.3 Å². The molecule has 7 heteroatoms. The second-order valence-corrected chi connectivity index (χ2v) is 8.19. The third-order valence-electron chi connectivity index (χ3n) is 6.03. The van der Waals surface area contributed by atoms with Gasteiger partial charge in [-0.2, -0.15) is 0 Å². The first kappa shape index (κ1) is 20.9. The van der Waals surface area contributed by atoms with Crippen molar-refractivity contribution in [2.45, 2.75) is 18.4 Å². The van der Waals surface area contributed by atoms with Crippen LogP contribution in [0.3, 0.4) is 0 Å². The Morgan fingerprint density at radius 1 is 0.970 bits per heavy atom. The molecular formula is C26H24N4O3. The molecule has 1 amide bonds. The summed E-state index contributed by atoms with van der Waals surface area (Å²) in [4.78, 5) is 19.2. The van der Waals surface area contributed by atoms with E-state index in [9.17, 15) is 9.90 Å². The summed E-state index contributed by atoms with van der Waals surface area (Å²) >= 11 is 0. The molecular weight excluding hydrogens is 416 g/mol. The number of anilines is 2. The number of hydrogen-bond acceptors (Lipinski definition) is 6. The zero-order valence-electron chi connectivity index (χ0n) is 18.0. The fourth-order valence-corrected chi connectivity index (χ4v) is 4.11. The lowest BCUT2D eigenvalue weighted by Gasteiger charge is -2.39. The second-order valence-electron chi connectivity index (χ2n) is 8.19. The number of pyridine rings is 1. The lowest BCUT2D eigenvalue weighted by Crippen LogP contribution is -2.42. The summed E-state index contributed by atoms with van der Waals surface area (Å²) in [6, 6.07) is 24.6.